The van der Waals surface area contributed by atoms with Gasteiger partial charge in [0.05, 0.1) is 0 Å². The van der Waals surface area contributed by atoms with Crippen molar-refractivity contribution in [2.75, 3.05) is 30.8 Å². The first-order chi connectivity index (χ1) is 12.6. The quantitative estimate of drug-likeness (QED) is 0.791. The van der Waals surface area contributed by atoms with Crippen LogP contribution in [-0.2, 0) is 0 Å². The number of piperidine rings is 1. The summed E-state index contributed by atoms with van der Waals surface area (Å²) in [5.41, 5.74) is 1.86. The zero-order valence-electron chi connectivity index (χ0n) is 14.9. The van der Waals surface area contributed by atoms with Crippen LogP contribution in [0.3, 0.4) is 0 Å². The van der Waals surface area contributed by atoms with E-state index in [0.717, 1.165) is 25.9 Å². The molecule has 26 heavy (non-hydrogen) atoms. The highest BCUT2D eigenvalue weighted by molar-refractivity contribution is 6.04. The van der Waals surface area contributed by atoms with Crippen molar-refractivity contribution in [1.82, 2.24) is 10.2 Å². The molecule has 0 aliphatic carbocycles. The van der Waals surface area contributed by atoms with Gasteiger partial charge in [0.1, 0.15) is 0 Å². The molecule has 0 spiro atoms. The molecule has 1 aliphatic rings. The molecule has 1 heterocycles. The molecule has 1 fully saturated rings. The maximum Gasteiger partial charge on any atom is 0.319 e. The molecule has 0 radical (unpaired) electrons. The molecular weight excluding hydrogens is 328 g/mol. The number of urea groups is 1. The van der Waals surface area contributed by atoms with E-state index in [9.17, 15) is 9.59 Å². The molecule has 6 heteroatoms. The fourth-order valence-electron chi connectivity index (χ4n) is 2.97. The normalized spacial score (nSPS) is 15.3. The third kappa shape index (κ3) is 5.07. The number of hydrogen-bond donors (Lipinski definition) is 3. The summed E-state index contributed by atoms with van der Waals surface area (Å²) in [6.07, 6.45) is 1.91. The van der Waals surface area contributed by atoms with Crippen LogP contribution in [0.4, 0.5) is 16.2 Å². The lowest BCUT2D eigenvalue weighted by Crippen LogP contribution is -2.44. The van der Waals surface area contributed by atoms with Crippen LogP contribution in [0, 0.1) is 0 Å². The largest absolute Gasteiger partial charge is 0.335 e. The first kappa shape index (κ1) is 17.9. The highest BCUT2D eigenvalue weighted by Gasteiger charge is 2.18. The summed E-state index contributed by atoms with van der Waals surface area (Å²) in [6, 6.07) is 16.1. The third-order valence-corrected chi connectivity index (χ3v) is 4.47. The maximum atomic E-state index is 12.2. The molecule has 3 amide bonds. The molecule has 1 aliphatic heterocycles. The summed E-state index contributed by atoms with van der Waals surface area (Å²) in [5, 5.41) is 8.69. The number of nitrogens with one attached hydrogen (secondary N) is 3. The van der Waals surface area contributed by atoms with Crippen LogP contribution in [0.5, 0.6) is 0 Å². The average molecular weight is 352 g/mol. The van der Waals surface area contributed by atoms with Crippen LogP contribution in [0.1, 0.15) is 23.2 Å². The highest BCUT2D eigenvalue weighted by atomic mass is 16.2. The van der Waals surface area contributed by atoms with Crippen LogP contribution in [-0.4, -0.2) is 43.0 Å². The van der Waals surface area contributed by atoms with E-state index in [1.165, 1.54) is 0 Å². The standard InChI is InChI=1S/C20H24N4O2/c1-24-12-10-16(11-13-24)22-20(26)23-18-9-5-8-17(14-18)21-19(25)15-6-3-2-4-7-15/h2-9,14,16H,10-13H2,1H3,(H,21,25)(H2,22,23,26). The Morgan fingerprint density at radius 2 is 1.58 bits per heavy atom. The van der Waals surface area contributed by atoms with Crippen molar-refractivity contribution in [3.8, 4) is 0 Å². The van der Waals surface area contributed by atoms with E-state index in [1.807, 2.05) is 18.2 Å². The number of carbonyl (C=O) groups excluding carboxylic acids is 2. The van der Waals surface area contributed by atoms with Gasteiger partial charge in [0.15, 0.2) is 0 Å². The lowest BCUT2D eigenvalue weighted by molar-refractivity contribution is 0.102. The van der Waals surface area contributed by atoms with Gasteiger partial charge in [-0.1, -0.05) is 24.3 Å². The van der Waals surface area contributed by atoms with E-state index >= 15 is 0 Å². The summed E-state index contributed by atoms with van der Waals surface area (Å²) in [7, 11) is 2.09. The van der Waals surface area contributed by atoms with E-state index in [1.54, 1.807) is 36.4 Å². The van der Waals surface area contributed by atoms with Crippen molar-refractivity contribution in [2.24, 2.45) is 0 Å². The SMILES string of the molecule is CN1CCC(NC(=O)Nc2cccc(NC(=O)c3ccccc3)c2)CC1. The minimum absolute atomic E-state index is 0.182. The zero-order chi connectivity index (χ0) is 18.4. The minimum Gasteiger partial charge on any atom is -0.335 e. The first-order valence-electron chi connectivity index (χ1n) is 8.83. The second-order valence-corrected chi connectivity index (χ2v) is 6.58. The van der Waals surface area contributed by atoms with Gasteiger partial charge in [0.2, 0.25) is 0 Å². The van der Waals surface area contributed by atoms with Gasteiger partial charge in [-0.3, -0.25) is 4.79 Å². The number of nitrogens with zero attached hydrogens (tertiary/aromatic N) is 1. The van der Waals surface area contributed by atoms with E-state index in [0.29, 0.717) is 16.9 Å². The van der Waals surface area contributed by atoms with Crippen molar-refractivity contribution >= 4 is 23.3 Å². The number of likely N-dealkylation sites (tertiary alicyclic amines) is 1. The van der Waals surface area contributed by atoms with Crippen molar-refractivity contribution < 1.29 is 9.59 Å². The molecule has 3 N–H and O–H groups in total. The van der Waals surface area contributed by atoms with Gasteiger partial charge in [-0.05, 0) is 63.3 Å². The summed E-state index contributed by atoms with van der Waals surface area (Å²) >= 11 is 0. The molecule has 0 aromatic heterocycles. The van der Waals surface area contributed by atoms with E-state index in [4.69, 9.17) is 0 Å². The Morgan fingerprint density at radius 3 is 2.27 bits per heavy atom. The Kier molecular flexibility index (Phi) is 5.86. The number of rotatable bonds is 4. The molecule has 1 saturated heterocycles. The molecule has 2 aromatic carbocycles. The van der Waals surface area contributed by atoms with Crippen molar-refractivity contribution in [3.05, 3.63) is 60.2 Å². The van der Waals surface area contributed by atoms with Crippen LogP contribution in [0.25, 0.3) is 0 Å². The summed E-state index contributed by atoms with van der Waals surface area (Å²) in [4.78, 5) is 26.7. The lowest BCUT2D eigenvalue weighted by atomic mass is 10.1. The monoisotopic (exact) mass is 352 g/mol. The van der Waals surface area contributed by atoms with Gasteiger partial charge in [0.25, 0.3) is 5.91 Å². The number of anilines is 2. The van der Waals surface area contributed by atoms with E-state index < -0.39 is 0 Å². The van der Waals surface area contributed by atoms with E-state index in [2.05, 4.69) is 27.9 Å². The third-order valence-electron chi connectivity index (χ3n) is 4.47. The molecule has 0 bridgehead atoms. The van der Waals surface area contributed by atoms with Crippen molar-refractivity contribution in [2.45, 2.75) is 18.9 Å². The van der Waals surface area contributed by atoms with Crippen LogP contribution < -0.4 is 16.0 Å². The Hall–Kier alpha value is -2.86. The topological polar surface area (TPSA) is 73.5 Å². The maximum absolute atomic E-state index is 12.2. The second kappa shape index (κ2) is 8.49. The predicted octanol–water partition coefficient (Wildman–Crippen LogP) is 3.15. The molecular formula is C20H24N4O2. The van der Waals surface area contributed by atoms with Gasteiger partial charge in [-0.25, -0.2) is 4.79 Å². The van der Waals surface area contributed by atoms with Gasteiger partial charge in [-0.15, -0.1) is 0 Å². The second-order valence-electron chi connectivity index (χ2n) is 6.58. The zero-order valence-corrected chi connectivity index (χ0v) is 14.9. The van der Waals surface area contributed by atoms with Crippen molar-refractivity contribution in [1.29, 1.82) is 0 Å². The summed E-state index contributed by atoms with van der Waals surface area (Å²) in [5.74, 6) is -0.182. The van der Waals surface area contributed by atoms with E-state index in [-0.39, 0.29) is 18.0 Å². The molecule has 136 valence electrons. The number of benzene rings is 2. The Labute approximate surface area is 153 Å². The molecule has 0 atom stereocenters. The highest BCUT2D eigenvalue weighted by Crippen LogP contribution is 2.16. The number of carbonyl (C=O) groups is 2. The smallest absolute Gasteiger partial charge is 0.319 e. The first-order valence-corrected chi connectivity index (χ1v) is 8.83. The Morgan fingerprint density at radius 1 is 0.923 bits per heavy atom. The van der Waals surface area contributed by atoms with Crippen LogP contribution in [0.15, 0.2) is 54.6 Å². The lowest BCUT2D eigenvalue weighted by Gasteiger charge is -2.29. The van der Waals surface area contributed by atoms with Gasteiger partial charge < -0.3 is 20.9 Å². The molecule has 0 unspecified atom stereocenters. The molecule has 3 rings (SSSR count). The fraction of sp³-hybridized carbons (Fsp3) is 0.300. The average Bonchev–Trinajstić information content (AvgIpc) is 2.64. The minimum atomic E-state index is -0.217. The van der Waals surface area contributed by atoms with Crippen LogP contribution in [0.2, 0.25) is 0 Å². The number of hydrogen-bond acceptors (Lipinski definition) is 3. The van der Waals surface area contributed by atoms with Gasteiger partial charge >= 0.3 is 6.03 Å². The molecule has 6 nitrogen and oxygen atoms in total. The molecule has 0 saturated carbocycles. The fourth-order valence-corrected chi connectivity index (χ4v) is 2.97. The summed E-state index contributed by atoms with van der Waals surface area (Å²) < 4.78 is 0. The Bertz CT molecular complexity index is 755. The van der Waals surface area contributed by atoms with Gasteiger partial charge in [-0.2, -0.15) is 0 Å². The molecule has 2 aromatic rings. The van der Waals surface area contributed by atoms with Crippen LogP contribution >= 0.6 is 0 Å². The predicted molar refractivity (Wildman–Crippen MR) is 104 cm³/mol. The van der Waals surface area contributed by atoms with Gasteiger partial charge in [0, 0.05) is 23.0 Å². The summed E-state index contributed by atoms with van der Waals surface area (Å²) in [6.45, 7) is 1.98. The van der Waals surface area contributed by atoms with Crippen molar-refractivity contribution in [3.63, 3.8) is 0 Å². The Balaban J connectivity index is 1.55. The number of amides is 3.